The summed E-state index contributed by atoms with van der Waals surface area (Å²) in [5, 5.41) is 3.33. The van der Waals surface area contributed by atoms with Gasteiger partial charge < -0.3 is 10.1 Å². The van der Waals surface area contributed by atoms with Crippen molar-refractivity contribution < 1.29 is 4.74 Å². The average Bonchev–Trinajstić information content (AvgIpc) is 2.23. The zero-order valence-electron chi connectivity index (χ0n) is 10.9. The fourth-order valence-corrected chi connectivity index (χ4v) is 1.56. The summed E-state index contributed by atoms with van der Waals surface area (Å²) in [6.45, 7) is 13.8. The van der Waals surface area contributed by atoms with Crippen LogP contribution in [0.4, 0.5) is 0 Å². The minimum atomic E-state index is 0.854. The highest BCUT2D eigenvalue weighted by Crippen LogP contribution is 2.13. The SMILES string of the molecule is C=C(C)/C(=C\C)C(=C)NCCCCCOC. The van der Waals surface area contributed by atoms with Crippen LogP contribution in [-0.2, 0) is 4.74 Å². The lowest BCUT2D eigenvalue weighted by Crippen LogP contribution is -2.16. The predicted octanol–water partition coefficient (Wildman–Crippen LogP) is 3.43. The van der Waals surface area contributed by atoms with Gasteiger partial charge in [-0.25, -0.2) is 0 Å². The Morgan fingerprint density at radius 1 is 1.25 bits per heavy atom. The van der Waals surface area contributed by atoms with Crippen LogP contribution in [0.3, 0.4) is 0 Å². The first-order valence-electron chi connectivity index (χ1n) is 5.87. The minimum absolute atomic E-state index is 0.854. The van der Waals surface area contributed by atoms with Gasteiger partial charge in [-0.2, -0.15) is 0 Å². The standard InChI is InChI=1S/C14H25NO/c1-6-14(12(2)3)13(4)15-10-8-7-9-11-16-5/h6,15H,2,4,7-11H2,1,3,5H3/b14-6+. The molecule has 0 rings (SSSR count). The molecule has 0 aliphatic rings. The van der Waals surface area contributed by atoms with Crippen molar-refractivity contribution in [2.45, 2.75) is 33.1 Å². The number of unbranched alkanes of at least 4 members (excludes halogenated alkanes) is 2. The second kappa shape index (κ2) is 9.22. The van der Waals surface area contributed by atoms with Gasteiger partial charge in [0.2, 0.25) is 0 Å². The van der Waals surface area contributed by atoms with Crippen LogP contribution in [-0.4, -0.2) is 20.3 Å². The first-order chi connectivity index (χ1) is 7.63. The summed E-state index contributed by atoms with van der Waals surface area (Å²) in [6.07, 6.45) is 5.51. The molecule has 0 aromatic heterocycles. The third-order valence-electron chi connectivity index (χ3n) is 2.44. The maximum Gasteiger partial charge on any atom is 0.0462 e. The van der Waals surface area contributed by atoms with E-state index in [2.05, 4.69) is 18.5 Å². The third-order valence-corrected chi connectivity index (χ3v) is 2.44. The van der Waals surface area contributed by atoms with Gasteiger partial charge in [0.1, 0.15) is 0 Å². The van der Waals surface area contributed by atoms with Crippen LogP contribution in [0.15, 0.2) is 36.1 Å². The van der Waals surface area contributed by atoms with Crippen molar-refractivity contribution in [2.24, 2.45) is 0 Å². The van der Waals surface area contributed by atoms with Gasteiger partial charge in [-0.15, -0.1) is 0 Å². The summed E-state index contributed by atoms with van der Waals surface area (Å²) in [4.78, 5) is 0. The van der Waals surface area contributed by atoms with E-state index in [9.17, 15) is 0 Å². The molecule has 0 aliphatic carbocycles. The Balaban J connectivity index is 3.69. The number of methoxy groups -OCH3 is 1. The topological polar surface area (TPSA) is 21.3 Å². The molecule has 0 bridgehead atoms. The molecule has 0 spiro atoms. The Kier molecular flexibility index (Phi) is 8.64. The Labute approximate surface area is 100 Å². The number of hydrogen-bond acceptors (Lipinski definition) is 2. The average molecular weight is 223 g/mol. The molecule has 0 amide bonds. The molecule has 0 saturated heterocycles. The third kappa shape index (κ3) is 6.46. The highest BCUT2D eigenvalue weighted by Gasteiger charge is 2.01. The molecule has 0 aliphatic heterocycles. The summed E-state index contributed by atoms with van der Waals surface area (Å²) in [5.74, 6) is 0. The molecule has 2 heteroatoms. The van der Waals surface area contributed by atoms with Crippen LogP contribution in [0.5, 0.6) is 0 Å². The number of allylic oxidation sites excluding steroid dienone is 2. The zero-order chi connectivity index (χ0) is 12.4. The van der Waals surface area contributed by atoms with Crippen molar-refractivity contribution in [1.82, 2.24) is 5.32 Å². The van der Waals surface area contributed by atoms with Gasteiger partial charge in [0.05, 0.1) is 0 Å². The van der Waals surface area contributed by atoms with Gasteiger partial charge in [0, 0.05) is 26.0 Å². The van der Waals surface area contributed by atoms with Crippen molar-refractivity contribution in [3.05, 3.63) is 36.1 Å². The summed E-state index contributed by atoms with van der Waals surface area (Å²) >= 11 is 0. The fraction of sp³-hybridized carbons (Fsp3) is 0.571. The van der Waals surface area contributed by atoms with Crippen molar-refractivity contribution in [2.75, 3.05) is 20.3 Å². The lowest BCUT2D eigenvalue weighted by Gasteiger charge is -2.12. The summed E-state index contributed by atoms with van der Waals surface area (Å²) in [7, 11) is 1.74. The number of rotatable bonds is 9. The van der Waals surface area contributed by atoms with Crippen LogP contribution >= 0.6 is 0 Å². The van der Waals surface area contributed by atoms with E-state index in [0.29, 0.717) is 0 Å². The molecule has 0 saturated carbocycles. The highest BCUT2D eigenvalue weighted by molar-refractivity contribution is 5.41. The molecule has 92 valence electrons. The predicted molar refractivity (Wildman–Crippen MR) is 71.4 cm³/mol. The van der Waals surface area contributed by atoms with E-state index < -0.39 is 0 Å². The number of nitrogens with one attached hydrogen (secondary N) is 1. The van der Waals surface area contributed by atoms with Gasteiger partial charge in [0.25, 0.3) is 0 Å². The maximum absolute atomic E-state index is 5.00. The quantitative estimate of drug-likeness (QED) is 0.477. The molecule has 1 N–H and O–H groups in total. The molecule has 0 fully saturated rings. The van der Waals surface area contributed by atoms with Crippen molar-refractivity contribution in [1.29, 1.82) is 0 Å². The molecule has 2 nitrogen and oxygen atoms in total. The zero-order valence-corrected chi connectivity index (χ0v) is 10.9. The second-order valence-electron chi connectivity index (χ2n) is 3.94. The minimum Gasteiger partial charge on any atom is -0.385 e. The van der Waals surface area contributed by atoms with Gasteiger partial charge in [-0.1, -0.05) is 19.2 Å². The molecular formula is C14H25NO. The van der Waals surface area contributed by atoms with Gasteiger partial charge in [-0.05, 0) is 44.3 Å². The van der Waals surface area contributed by atoms with Crippen LogP contribution in [0.2, 0.25) is 0 Å². The number of ether oxygens (including phenoxy) is 1. The molecule has 0 unspecified atom stereocenters. The smallest absolute Gasteiger partial charge is 0.0462 e. The lowest BCUT2D eigenvalue weighted by molar-refractivity contribution is 0.192. The van der Waals surface area contributed by atoms with Crippen LogP contribution in [0.1, 0.15) is 33.1 Å². The van der Waals surface area contributed by atoms with E-state index in [0.717, 1.165) is 42.8 Å². The van der Waals surface area contributed by atoms with E-state index in [4.69, 9.17) is 4.74 Å². The van der Waals surface area contributed by atoms with Crippen LogP contribution in [0, 0.1) is 0 Å². The van der Waals surface area contributed by atoms with Crippen LogP contribution in [0.25, 0.3) is 0 Å². The van der Waals surface area contributed by atoms with Gasteiger partial charge in [0.15, 0.2) is 0 Å². The number of hydrogen-bond donors (Lipinski definition) is 1. The lowest BCUT2D eigenvalue weighted by atomic mass is 10.1. The summed E-state index contributed by atoms with van der Waals surface area (Å²) in [5.41, 5.74) is 3.15. The molecular weight excluding hydrogens is 198 g/mol. The first-order valence-corrected chi connectivity index (χ1v) is 5.87. The van der Waals surface area contributed by atoms with E-state index in [1.54, 1.807) is 7.11 Å². The molecule has 0 atom stereocenters. The van der Waals surface area contributed by atoms with E-state index in [1.807, 2.05) is 19.9 Å². The largest absolute Gasteiger partial charge is 0.385 e. The fourth-order valence-electron chi connectivity index (χ4n) is 1.56. The first kappa shape index (κ1) is 15.0. The highest BCUT2D eigenvalue weighted by atomic mass is 16.5. The molecule has 0 aromatic rings. The van der Waals surface area contributed by atoms with Crippen molar-refractivity contribution >= 4 is 0 Å². The summed E-state index contributed by atoms with van der Waals surface area (Å²) in [6, 6.07) is 0. The molecule has 16 heavy (non-hydrogen) atoms. The van der Waals surface area contributed by atoms with E-state index in [1.165, 1.54) is 6.42 Å². The Hall–Kier alpha value is -1.02. The van der Waals surface area contributed by atoms with Crippen molar-refractivity contribution in [3.8, 4) is 0 Å². The monoisotopic (exact) mass is 223 g/mol. The van der Waals surface area contributed by atoms with Gasteiger partial charge >= 0.3 is 0 Å². The maximum atomic E-state index is 5.00. The van der Waals surface area contributed by atoms with Crippen LogP contribution < -0.4 is 5.32 Å². The molecule has 0 radical (unpaired) electrons. The van der Waals surface area contributed by atoms with Crippen molar-refractivity contribution in [3.63, 3.8) is 0 Å². The molecule has 0 heterocycles. The second-order valence-corrected chi connectivity index (χ2v) is 3.94. The normalized spacial score (nSPS) is 11.3. The Bertz CT molecular complexity index is 253. The Morgan fingerprint density at radius 3 is 2.44 bits per heavy atom. The molecule has 0 aromatic carbocycles. The van der Waals surface area contributed by atoms with Gasteiger partial charge in [-0.3, -0.25) is 0 Å². The Morgan fingerprint density at radius 2 is 1.94 bits per heavy atom. The van der Waals surface area contributed by atoms with E-state index >= 15 is 0 Å². The van der Waals surface area contributed by atoms with E-state index in [-0.39, 0.29) is 0 Å². The summed E-state index contributed by atoms with van der Waals surface area (Å²) < 4.78 is 5.00.